The zero-order valence-corrected chi connectivity index (χ0v) is 13.2. The number of halogens is 1. The topological polar surface area (TPSA) is 85.6 Å². The van der Waals surface area contributed by atoms with Crippen molar-refractivity contribution in [2.45, 2.75) is 16.3 Å². The SMILES string of the molecule is COC(=O)[C@H](Cl)[C@H](NS(=O)(=O)c1ccccc1)c1ccco1. The average molecular weight is 344 g/mol. The number of hydrogen-bond donors (Lipinski definition) is 1. The van der Waals surface area contributed by atoms with Gasteiger partial charge in [0.1, 0.15) is 11.8 Å². The molecule has 0 aliphatic carbocycles. The third-order valence-corrected chi connectivity index (χ3v) is 4.79. The minimum atomic E-state index is -3.87. The number of methoxy groups -OCH3 is 1. The molecule has 1 aromatic heterocycles. The Hall–Kier alpha value is -1.83. The summed E-state index contributed by atoms with van der Waals surface area (Å²) in [6.45, 7) is 0. The second-order valence-corrected chi connectivity index (χ2v) is 6.54. The number of carbonyl (C=O) groups excluding carboxylic acids is 1. The van der Waals surface area contributed by atoms with E-state index < -0.39 is 27.4 Å². The van der Waals surface area contributed by atoms with Gasteiger partial charge in [0.15, 0.2) is 5.38 Å². The van der Waals surface area contributed by atoms with Gasteiger partial charge in [0, 0.05) is 0 Å². The van der Waals surface area contributed by atoms with Gasteiger partial charge in [0.2, 0.25) is 10.0 Å². The molecule has 2 aromatic rings. The van der Waals surface area contributed by atoms with Gasteiger partial charge < -0.3 is 9.15 Å². The van der Waals surface area contributed by atoms with E-state index in [0.717, 1.165) is 0 Å². The molecular weight excluding hydrogens is 330 g/mol. The number of nitrogens with one attached hydrogen (secondary N) is 1. The van der Waals surface area contributed by atoms with Crippen LogP contribution in [-0.4, -0.2) is 26.9 Å². The highest BCUT2D eigenvalue weighted by atomic mass is 35.5. The van der Waals surface area contributed by atoms with Crippen LogP contribution in [0.1, 0.15) is 11.8 Å². The molecule has 0 saturated heterocycles. The molecule has 8 heteroatoms. The van der Waals surface area contributed by atoms with Gasteiger partial charge in [-0.2, -0.15) is 4.72 Å². The van der Waals surface area contributed by atoms with Crippen molar-refractivity contribution in [1.29, 1.82) is 0 Å². The Morgan fingerprint density at radius 1 is 1.23 bits per heavy atom. The van der Waals surface area contributed by atoms with E-state index in [1.54, 1.807) is 24.3 Å². The first kappa shape index (κ1) is 16.5. The molecule has 0 bridgehead atoms. The first-order valence-corrected chi connectivity index (χ1v) is 8.20. The molecule has 1 N–H and O–H groups in total. The lowest BCUT2D eigenvalue weighted by Gasteiger charge is -2.20. The van der Waals surface area contributed by atoms with Crippen molar-refractivity contribution < 1.29 is 22.4 Å². The van der Waals surface area contributed by atoms with Gasteiger partial charge in [-0.3, -0.25) is 4.79 Å². The Morgan fingerprint density at radius 3 is 2.45 bits per heavy atom. The van der Waals surface area contributed by atoms with Gasteiger partial charge in [-0.1, -0.05) is 18.2 Å². The molecule has 2 rings (SSSR count). The van der Waals surface area contributed by atoms with Gasteiger partial charge in [-0.25, -0.2) is 8.42 Å². The molecule has 22 heavy (non-hydrogen) atoms. The lowest BCUT2D eigenvalue weighted by molar-refractivity contribution is -0.140. The first-order valence-electron chi connectivity index (χ1n) is 6.28. The molecule has 0 radical (unpaired) electrons. The smallest absolute Gasteiger partial charge is 0.325 e. The molecule has 2 atom stereocenters. The molecule has 0 saturated carbocycles. The Kier molecular flexibility index (Phi) is 5.23. The van der Waals surface area contributed by atoms with Crippen LogP contribution in [0.4, 0.5) is 0 Å². The molecule has 6 nitrogen and oxygen atoms in total. The number of sulfonamides is 1. The predicted octanol–water partition coefficient (Wildman–Crippen LogP) is 2.08. The Labute approximate surface area is 133 Å². The molecular formula is C14H14ClNO5S. The van der Waals surface area contributed by atoms with Gasteiger partial charge in [0.05, 0.1) is 18.3 Å². The maximum atomic E-state index is 12.4. The lowest BCUT2D eigenvalue weighted by atomic mass is 10.1. The van der Waals surface area contributed by atoms with Crippen molar-refractivity contribution in [2.75, 3.05) is 7.11 Å². The van der Waals surface area contributed by atoms with E-state index in [4.69, 9.17) is 16.0 Å². The van der Waals surface area contributed by atoms with Crippen LogP contribution >= 0.6 is 11.6 Å². The largest absolute Gasteiger partial charge is 0.468 e. The van der Waals surface area contributed by atoms with E-state index in [2.05, 4.69) is 9.46 Å². The molecule has 0 amide bonds. The summed E-state index contributed by atoms with van der Waals surface area (Å²) >= 11 is 6.02. The van der Waals surface area contributed by atoms with Crippen molar-refractivity contribution in [3.8, 4) is 0 Å². The first-order chi connectivity index (χ1) is 10.5. The summed E-state index contributed by atoms with van der Waals surface area (Å²) in [5.41, 5.74) is 0. The highest BCUT2D eigenvalue weighted by molar-refractivity contribution is 7.89. The van der Waals surface area contributed by atoms with Gasteiger partial charge in [0.25, 0.3) is 0 Å². The zero-order valence-electron chi connectivity index (χ0n) is 11.6. The van der Waals surface area contributed by atoms with E-state index in [0.29, 0.717) is 0 Å². The third-order valence-electron chi connectivity index (χ3n) is 2.90. The monoisotopic (exact) mass is 343 g/mol. The van der Waals surface area contributed by atoms with Crippen molar-refractivity contribution >= 4 is 27.6 Å². The van der Waals surface area contributed by atoms with Gasteiger partial charge >= 0.3 is 5.97 Å². The van der Waals surface area contributed by atoms with Crippen molar-refractivity contribution in [2.24, 2.45) is 0 Å². The molecule has 1 heterocycles. The standard InChI is InChI=1S/C14H14ClNO5S/c1-20-14(17)12(15)13(11-8-5-9-21-11)16-22(18,19)10-6-3-2-4-7-10/h2-9,12-13,16H,1H3/t12-,13-/m1/s1. The molecule has 118 valence electrons. The summed E-state index contributed by atoms with van der Waals surface area (Å²) in [4.78, 5) is 11.7. The number of benzene rings is 1. The summed E-state index contributed by atoms with van der Waals surface area (Å²) in [7, 11) is -2.71. The fourth-order valence-corrected chi connectivity index (χ4v) is 3.40. The van der Waals surface area contributed by atoms with Crippen LogP contribution in [-0.2, 0) is 19.6 Å². The number of alkyl halides is 1. The summed E-state index contributed by atoms with van der Waals surface area (Å²) in [6, 6.07) is 9.75. The number of rotatable bonds is 6. The quantitative estimate of drug-likeness (QED) is 0.641. The zero-order chi connectivity index (χ0) is 16.2. The van der Waals surface area contributed by atoms with E-state index in [9.17, 15) is 13.2 Å². The van der Waals surface area contributed by atoms with Crippen LogP contribution in [0.3, 0.4) is 0 Å². The minimum Gasteiger partial charge on any atom is -0.468 e. The van der Waals surface area contributed by atoms with Crippen molar-refractivity contribution in [1.82, 2.24) is 4.72 Å². The normalized spacial score (nSPS) is 14.3. The van der Waals surface area contributed by atoms with E-state index in [1.165, 1.54) is 31.6 Å². The number of esters is 1. The number of carbonyl (C=O) groups is 1. The number of furan rings is 1. The second-order valence-electron chi connectivity index (χ2n) is 4.35. The predicted molar refractivity (Wildman–Crippen MR) is 79.9 cm³/mol. The molecule has 0 fully saturated rings. The number of ether oxygens (including phenoxy) is 1. The lowest BCUT2D eigenvalue weighted by Crippen LogP contribution is -2.37. The maximum absolute atomic E-state index is 12.4. The van der Waals surface area contributed by atoms with Crippen LogP contribution in [0.2, 0.25) is 0 Å². The fraction of sp³-hybridized carbons (Fsp3) is 0.214. The highest BCUT2D eigenvalue weighted by Gasteiger charge is 2.34. The Morgan fingerprint density at radius 2 is 1.91 bits per heavy atom. The Balaban J connectivity index is 2.33. The summed E-state index contributed by atoms with van der Waals surface area (Å²) < 4.78 is 36.9. The second kappa shape index (κ2) is 6.95. The van der Waals surface area contributed by atoms with Crippen LogP contribution in [0, 0.1) is 0 Å². The third kappa shape index (κ3) is 3.68. The average Bonchev–Trinajstić information content (AvgIpc) is 3.06. The number of hydrogen-bond acceptors (Lipinski definition) is 5. The van der Waals surface area contributed by atoms with Crippen LogP contribution in [0.15, 0.2) is 58.0 Å². The maximum Gasteiger partial charge on any atom is 0.325 e. The minimum absolute atomic E-state index is 0.0558. The van der Waals surface area contributed by atoms with Crippen LogP contribution in [0.5, 0.6) is 0 Å². The molecule has 0 aliphatic heterocycles. The summed E-state index contributed by atoms with van der Waals surface area (Å²) in [5.74, 6) is -0.552. The van der Waals surface area contributed by atoms with Crippen molar-refractivity contribution in [3.63, 3.8) is 0 Å². The van der Waals surface area contributed by atoms with E-state index in [1.807, 2.05) is 0 Å². The Bertz CT molecular complexity index is 715. The van der Waals surface area contributed by atoms with Crippen molar-refractivity contribution in [3.05, 3.63) is 54.5 Å². The van der Waals surface area contributed by atoms with E-state index >= 15 is 0 Å². The molecule has 0 aliphatic rings. The van der Waals surface area contributed by atoms with Gasteiger partial charge in [-0.05, 0) is 24.3 Å². The highest BCUT2D eigenvalue weighted by Crippen LogP contribution is 2.25. The van der Waals surface area contributed by atoms with Crippen LogP contribution < -0.4 is 4.72 Å². The van der Waals surface area contributed by atoms with E-state index in [-0.39, 0.29) is 10.7 Å². The molecule has 0 spiro atoms. The summed E-state index contributed by atoms with van der Waals surface area (Å²) in [5, 5.41) is -1.27. The summed E-state index contributed by atoms with van der Waals surface area (Å²) in [6.07, 6.45) is 1.36. The molecule has 1 aromatic carbocycles. The van der Waals surface area contributed by atoms with Gasteiger partial charge in [-0.15, -0.1) is 11.6 Å². The molecule has 0 unspecified atom stereocenters. The fourth-order valence-electron chi connectivity index (χ4n) is 1.81. The van der Waals surface area contributed by atoms with Crippen LogP contribution in [0.25, 0.3) is 0 Å².